The second-order valence-corrected chi connectivity index (χ2v) is 5.42. The third-order valence-corrected chi connectivity index (χ3v) is 3.44. The Morgan fingerprint density at radius 3 is 2.73 bits per heavy atom. The lowest BCUT2D eigenvalue weighted by Crippen LogP contribution is -2.33. The molecule has 0 aliphatic heterocycles. The number of nitrogens with one attached hydrogen (secondary N) is 1. The first-order chi connectivity index (χ1) is 10.5. The van der Waals surface area contributed by atoms with Gasteiger partial charge in [-0.2, -0.15) is 5.10 Å². The van der Waals surface area contributed by atoms with Crippen molar-refractivity contribution < 1.29 is 4.79 Å². The van der Waals surface area contributed by atoms with Crippen LogP contribution in [0, 0.1) is 0 Å². The largest absolute Gasteiger partial charge is 0.350 e. The number of carbonyl (C=O) groups is 1. The lowest BCUT2D eigenvalue weighted by Gasteiger charge is -2.11. The highest BCUT2D eigenvalue weighted by Gasteiger charge is 2.16. The van der Waals surface area contributed by atoms with Crippen molar-refractivity contribution in [2.45, 2.75) is 19.9 Å². The van der Waals surface area contributed by atoms with Crippen molar-refractivity contribution in [3.8, 4) is 0 Å². The second kappa shape index (κ2) is 7.17. The van der Waals surface area contributed by atoms with Crippen LogP contribution in [0.4, 0.5) is 0 Å². The molecule has 0 fully saturated rings. The minimum Gasteiger partial charge on any atom is -0.350 e. The number of amides is 1. The van der Waals surface area contributed by atoms with Crippen molar-refractivity contribution in [2.75, 3.05) is 27.2 Å². The van der Waals surface area contributed by atoms with Gasteiger partial charge in [0.25, 0.3) is 5.91 Å². The maximum atomic E-state index is 12.4. The van der Waals surface area contributed by atoms with Crippen LogP contribution >= 0.6 is 0 Å². The van der Waals surface area contributed by atoms with Gasteiger partial charge in [-0.1, -0.05) is 12.1 Å². The predicted molar refractivity (Wildman–Crippen MR) is 87.2 cm³/mol. The summed E-state index contributed by atoms with van der Waals surface area (Å²) in [7, 11) is 3.96. The Morgan fingerprint density at radius 2 is 2.05 bits per heavy atom. The Hall–Kier alpha value is -2.21. The molecule has 0 aliphatic carbocycles. The zero-order valence-corrected chi connectivity index (χ0v) is 13.3. The molecule has 1 amide bonds. The van der Waals surface area contributed by atoms with Crippen LogP contribution < -0.4 is 10.7 Å². The van der Waals surface area contributed by atoms with Crippen molar-refractivity contribution >= 4 is 16.8 Å². The summed E-state index contributed by atoms with van der Waals surface area (Å²) in [5, 5.41) is 7.51. The van der Waals surface area contributed by atoms with Gasteiger partial charge in [-0.3, -0.25) is 14.3 Å². The van der Waals surface area contributed by atoms with Gasteiger partial charge in [-0.25, -0.2) is 0 Å². The van der Waals surface area contributed by atoms with Gasteiger partial charge in [0.05, 0.1) is 5.52 Å². The molecule has 0 bridgehead atoms. The van der Waals surface area contributed by atoms with Gasteiger partial charge in [-0.15, -0.1) is 0 Å². The number of fused-ring (bicyclic) bond motifs is 1. The molecule has 22 heavy (non-hydrogen) atoms. The number of aryl methyl sites for hydroxylation is 1. The number of nitrogens with zero attached hydrogens (tertiary/aromatic N) is 3. The summed E-state index contributed by atoms with van der Waals surface area (Å²) in [5.74, 6) is -0.406. The average Bonchev–Trinajstić information content (AvgIpc) is 2.52. The van der Waals surface area contributed by atoms with Crippen molar-refractivity contribution in [3.05, 3.63) is 40.2 Å². The topological polar surface area (TPSA) is 67.2 Å². The van der Waals surface area contributed by atoms with E-state index in [9.17, 15) is 9.59 Å². The van der Waals surface area contributed by atoms with Crippen LogP contribution in [0.1, 0.15) is 23.8 Å². The molecule has 6 nitrogen and oxygen atoms in total. The van der Waals surface area contributed by atoms with E-state index in [1.165, 1.54) is 0 Å². The molecule has 1 aromatic carbocycles. The first-order valence-electron chi connectivity index (χ1n) is 7.47. The standard InChI is InChI=1S/C16H22N4O2/c1-4-20-13-9-6-5-8-12(13)15(21)14(18-20)16(22)17-10-7-11-19(2)3/h5-6,8-9H,4,7,10-11H2,1-3H3,(H,17,22). The number of para-hydroxylation sites is 1. The van der Waals surface area contributed by atoms with Crippen LogP contribution in [0.15, 0.2) is 29.1 Å². The molecule has 1 aromatic heterocycles. The minimum atomic E-state index is -0.406. The van der Waals surface area contributed by atoms with Gasteiger partial charge in [0.15, 0.2) is 5.69 Å². The number of hydrogen-bond acceptors (Lipinski definition) is 4. The molecule has 2 rings (SSSR count). The molecule has 0 radical (unpaired) electrons. The Morgan fingerprint density at radius 1 is 1.32 bits per heavy atom. The van der Waals surface area contributed by atoms with Crippen molar-refractivity contribution in [1.82, 2.24) is 20.0 Å². The molecule has 6 heteroatoms. The van der Waals surface area contributed by atoms with E-state index in [4.69, 9.17) is 0 Å². The van der Waals surface area contributed by atoms with E-state index >= 15 is 0 Å². The zero-order valence-electron chi connectivity index (χ0n) is 13.3. The third-order valence-electron chi connectivity index (χ3n) is 3.44. The quantitative estimate of drug-likeness (QED) is 0.811. The number of benzene rings is 1. The maximum absolute atomic E-state index is 12.4. The molecular weight excluding hydrogens is 280 g/mol. The molecule has 0 aliphatic rings. The van der Waals surface area contributed by atoms with Gasteiger partial charge in [0.2, 0.25) is 5.43 Å². The summed E-state index contributed by atoms with van der Waals surface area (Å²) in [6.07, 6.45) is 0.828. The molecule has 0 atom stereocenters. The smallest absolute Gasteiger partial charge is 0.275 e. The number of hydrogen-bond donors (Lipinski definition) is 1. The number of aromatic nitrogens is 2. The third kappa shape index (κ3) is 3.51. The minimum absolute atomic E-state index is 0.0367. The van der Waals surface area contributed by atoms with Gasteiger partial charge in [0, 0.05) is 18.5 Å². The van der Waals surface area contributed by atoms with Crippen LogP contribution in [-0.2, 0) is 6.54 Å². The summed E-state index contributed by atoms with van der Waals surface area (Å²) in [5.41, 5.74) is 0.398. The first-order valence-corrected chi connectivity index (χ1v) is 7.47. The number of carbonyl (C=O) groups excluding carboxylic acids is 1. The highest BCUT2D eigenvalue weighted by atomic mass is 16.2. The molecule has 1 heterocycles. The van der Waals surface area contributed by atoms with E-state index in [0.29, 0.717) is 18.5 Å². The molecule has 2 aromatic rings. The summed E-state index contributed by atoms with van der Waals surface area (Å²) in [6, 6.07) is 7.22. The fraction of sp³-hybridized carbons (Fsp3) is 0.438. The monoisotopic (exact) mass is 302 g/mol. The second-order valence-electron chi connectivity index (χ2n) is 5.42. The van der Waals surface area contributed by atoms with Gasteiger partial charge >= 0.3 is 0 Å². The summed E-state index contributed by atoms with van der Waals surface area (Å²) in [4.78, 5) is 26.7. The van der Waals surface area contributed by atoms with E-state index in [1.54, 1.807) is 16.8 Å². The van der Waals surface area contributed by atoms with Gasteiger partial charge in [0.1, 0.15) is 0 Å². The Bertz CT molecular complexity index is 722. The van der Waals surface area contributed by atoms with E-state index in [1.807, 2.05) is 38.1 Å². The highest BCUT2D eigenvalue weighted by molar-refractivity contribution is 5.95. The van der Waals surface area contributed by atoms with Crippen LogP contribution in [-0.4, -0.2) is 47.8 Å². The Labute approximate surface area is 129 Å². The highest BCUT2D eigenvalue weighted by Crippen LogP contribution is 2.09. The van der Waals surface area contributed by atoms with Gasteiger partial charge in [-0.05, 0) is 46.1 Å². The number of rotatable bonds is 6. The van der Waals surface area contributed by atoms with Gasteiger partial charge < -0.3 is 10.2 Å². The molecule has 0 unspecified atom stereocenters. The maximum Gasteiger partial charge on any atom is 0.275 e. The fourth-order valence-electron chi connectivity index (χ4n) is 2.31. The molecule has 0 saturated carbocycles. The molecule has 118 valence electrons. The summed E-state index contributed by atoms with van der Waals surface area (Å²) in [6.45, 7) is 3.94. The van der Waals surface area contributed by atoms with Crippen molar-refractivity contribution in [3.63, 3.8) is 0 Å². The lowest BCUT2D eigenvalue weighted by molar-refractivity contribution is 0.0944. The van der Waals surface area contributed by atoms with E-state index in [2.05, 4.69) is 10.4 Å². The van der Waals surface area contributed by atoms with Crippen molar-refractivity contribution in [2.24, 2.45) is 0 Å². The van der Waals surface area contributed by atoms with Crippen LogP contribution in [0.2, 0.25) is 0 Å². The summed E-state index contributed by atoms with van der Waals surface area (Å²) < 4.78 is 1.69. The van der Waals surface area contributed by atoms with E-state index < -0.39 is 5.91 Å². The Kier molecular flexibility index (Phi) is 5.27. The average molecular weight is 302 g/mol. The van der Waals surface area contributed by atoms with Crippen LogP contribution in [0.25, 0.3) is 10.9 Å². The molecular formula is C16H22N4O2. The Balaban J connectivity index is 2.25. The lowest BCUT2D eigenvalue weighted by atomic mass is 10.2. The van der Waals surface area contributed by atoms with Crippen molar-refractivity contribution in [1.29, 1.82) is 0 Å². The molecule has 1 N–H and O–H groups in total. The summed E-state index contributed by atoms with van der Waals surface area (Å²) >= 11 is 0. The normalized spacial score (nSPS) is 11.1. The SMILES string of the molecule is CCn1nc(C(=O)NCCCN(C)C)c(=O)c2ccccc21. The molecule has 0 saturated heterocycles. The fourth-order valence-corrected chi connectivity index (χ4v) is 2.31. The first kappa shape index (κ1) is 16.2. The van der Waals surface area contributed by atoms with E-state index in [-0.39, 0.29) is 11.1 Å². The van der Waals surface area contributed by atoms with E-state index in [0.717, 1.165) is 18.5 Å². The molecule has 0 spiro atoms. The zero-order chi connectivity index (χ0) is 16.1. The van der Waals surface area contributed by atoms with Crippen LogP contribution in [0.3, 0.4) is 0 Å². The predicted octanol–water partition coefficient (Wildman–Crippen LogP) is 1.10. The van der Waals surface area contributed by atoms with Crippen LogP contribution in [0.5, 0.6) is 0 Å².